The third-order valence-electron chi connectivity index (χ3n) is 5.72. The van der Waals surface area contributed by atoms with Crippen molar-refractivity contribution in [2.75, 3.05) is 5.73 Å². The van der Waals surface area contributed by atoms with Gasteiger partial charge in [-0.3, -0.25) is 9.78 Å². The van der Waals surface area contributed by atoms with Gasteiger partial charge in [0, 0.05) is 28.2 Å². The van der Waals surface area contributed by atoms with Crippen LogP contribution in [0.25, 0.3) is 33.6 Å². The number of benzene rings is 3. The number of hydrogen-bond donors (Lipinski definition) is 2. The van der Waals surface area contributed by atoms with E-state index < -0.39 is 0 Å². The fourth-order valence-corrected chi connectivity index (χ4v) is 4.00. The van der Waals surface area contributed by atoms with Crippen LogP contribution in [0.15, 0.2) is 91.1 Å². The monoisotopic (exact) mass is 432 g/mol. The van der Waals surface area contributed by atoms with Gasteiger partial charge in [0.05, 0.1) is 29.5 Å². The van der Waals surface area contributed by atoms with Gasteiger partial charge in [0.2, 0.25) is 5.91 Å². The van der Waals surface area contributed by atoms with E-state index in [2.05, 4.69) is 64.3 Å². The molecular formula is C28H24N4O. The molecule has 0 saturated heterocycles. The summed E-state index contributed by atoms with van der Waals surface area (Å²) in [4.78, 5) is 16.9. The molecule has 0 aliphatic rings. The first kappa shape index (κ1) is 20.5. The van der Waals surface area contributed by atoms with Crippen LogP contribution in [0.4, 0.5) is 5.69 Å². The second-order valence-corrected chi connectivity index (χ2v) is 8.10. The van der Waals surface area contributed by atoms with Crippen molar-refractivity contribution in [3.63, 3.8) is 0 Å². The summed E-state index contributed by atoms with van der Waals surface area (Å²) in [6, 6.07) is 26.3. The van der Waals surface area contributed by atoms with Crippen LogP contribution >= 0.6 is 0 Å². The molecule has 2 aromatic heterocycles. The minimum Gasteiger partial charge on any atom is -0.399 e. The van der Waals surface area contributed by atoms with Crippen LogP contribution in [-0.4, -0.2) is 15.5 Å². The molecule has 33 heavy (non-hydrogen) atoms. The number of fused-ring (bicyclic) bond motifs is 3. The largest absolute Gasteiger partial charge is 0.399 e. The van der Waals surface area contributed by atoms with Crippen molar-refractivity contribution in [1.82, 2.24) is 14.9 Å². The van der Waals surface area contributed by atoms with E-state index in [1.54, 1.807) is 6.08 Å². The first-order chi connectivity index (χ1) is 16.1. The van der Waals surface area contributed by atoms with Crippen LogP contribution in [0.3, 0.4) is 0 Å². The Labute approximate surface area is 192 Å². The van der Waals surface area contributed by atoms with Gasteiger partial charge in [-0.2, -0.15) is 0 Å². The van der Waals surface area contributed by atoms with Gasteiger partial charge >= 0.3 is 0 Å². The molecule has 0 bridgehead atoms. The normalized spacial score (nSPS) is 11.4. The van der Waals surface area contributed by atoms with Crippen molar-refractivity contribution in [2.24, 2.45) is 0 Å². The number of para-hydroxylation sites is 1. The summed E-state index contributed by atoms with van der Waals surface area (Å²) in [7, 11) is 0. The Kier molecular flexibility index (Phi) is 5.37. The summed E-state index contributed by atoms with van der Waals surface area (Å²) in [5, 5.41) is 5.19. The molecule has 5 heteroatoms. The van der Waals surface area contributed by atoms with E-state index in [0.717, 1.165) is 38.8 Å². The second-order valence-electron chi connectivity index (χ2n) is 8.10. The summed E-state index contributed by atoms with van der Waals surface area (Å²) < 4.78 is 2.23. The third kappa shape index (κ3) is 4.21. The number of hydrogen-bond acceptors (Lipinski definition) is 3. The van der Waals surface area contributed by atoms with Crippen molar-refractivity contribution in [3.8, 4) is 5.69 Å². The molecule has 3 N–H and O–H groups in total. The Morgan fingerprint density at radius 3 is 2.52 bits per heavy atom. The third-order valence-corrected chi connectivity index (χ3v) is 5.72. The summed E-state index contributed by atoms with van der Waals surface area (Å²) in [5.74, 6) is -0.171. The maximum absolute atomic E-state index is 12.3. The number of aryl methyl sites for hydroxylation is 1. The molecule has 5 aromatic rings. The highest BCUT2D eigenvalue weighted by Gasteiger charge is 2.13. The quantitative estimate of drug-likeness (QED) is 0.289. The number of carbonyl (C=O) groups is 1. The first-order valence-corrected chi connectivity index (χ1v) is 10.8. The average molecular weight is 433 g/mol. The molecule has 162 valence electrons. The lowest BCUT2D eigenvalue weighted by Crippen LogP contribution is -2.20. The molecule has 0 atom stereocenters. The van der Waals surface area contributed by atoms with Crippen molar-refractivity contribution in [3.05, 3.63) is 108 Å². The minimum absolute atomic E-state index is 0.171. The number of carbonyl (C=O) groups excluding carboxylic acids is 1. The molecule has 0 aliphatic heterocycles. The van der Waals surface area contributed by atoms with Gasteiger partial charge in [0.15, 0.2) is 0 Å². The molecule has 2 heterocycles. The number of nitrogens with one attached hydrogen (secondary N) is 1. The molecule has 1 amide bonds. The van der Waals surface area contributed by atoms with Crippen molar-refractivity contribution >= 4 is 39.5 Å². The molecule has 0 unspecified atom stereocenters. The lowest BCUT2D eigenvalue weighted by atomic mass is 10.1. The number of nitrogen functional groups attached to an aromatic ring is 1. The molecule has 0 fully saturated rings. The number of aromatic nitrogens is 2. The van der Waals surface area contributed by atoms with Crippen LogP contribution in [0.2, 0.25) is 0 Å². The number of nitrogens with two attached hydrogens (primary N) is 1. The number of pyridine rings is 1. The molecule has 0 aliphatic carbocycles. The van der Waals surface area contributed by atoms with Crippen molar-refractivity contribution < 1.29 is 4.79 Å². The van der Waals surface area contributed by atoms with Gasteiger partial charge in [0.1, 0.15) is 0 Å². The zero-order valence-corrected chi connectivity index (χ0v) is 18.3. The molecule has 5 nitrogen and oxygen atoms in total. The van der Waals surface area contributed by atoms with Gasteiger partial charge < -0.3 is 15.6 Å². The topological polar surface area (TPSA) is 72.9 Å². The molecule has 3 aromatic carbocycles. The number of nitrogens with zero attached hydrogens (tertiary/aromatic N) is 2. The Hall–Kier alpha value is -4.38. The van der Waals surface area contributed by atoms with Gasteiger partial charge in [-0.25, -0.2) is 0 Å². The van der Waals surface area contributed by atoms with Gasteiger partial charge in [-0.1, -0.05) is 48.0 Å². The fraction of sp³-hybridized carbons (Fsp3) is 0.0714. The predicted molar refractivity (Wildman–Crippen MR) is 135 cm³/mol. The van der Waals surface area contributed by atoms with Crippen LogP contribution < -0.4 is 11.1 Å². The van der Waals surface area contributed by atoms with E-state index >= 15 is 0 Å². The Morgan fingerprint density at radius 1 is 0.970 bits per heavy atom. The fourth-order valence-electron chi connectivity index (χ4n) is 4.00. The minimum atomic E-state index is -0.171. The molecule has 5 rings (SSSR count). The van der Waals surface area contributed by atoms with Crippen LogP contribution in [0, 0.1) is 6.92 Å². The summed E-state index contributed by atoms with van der Waals surface area (Å²) in [5.41, 5.74) is 12.6. The summed E-state index contributed by atoms with van der Waals surface area (Å²) in [6.45, 7) is 2.44. The van der Waals surface area contributed by atoms with E-state index in [4.69, 9.17) is 5.73 Å². The van der Waals surface area contributed by atoms with E-state index in [-0.39, 0.29) is 5.91 Å². The van der Waals surface area contributed by atoms with E-state index in [1.807, 2.05) is 42.6 Å². The van der Waals surface area contributed by atoms with Crippen LogP contribution in [0.1, 0.15) is 16.8 Å². The Bertz CT molecular complexity index is 1480. The highest BCUT2D eigenvalue weighted by atomic mass is 16.1. The number of anilines is 1. The summed E-state index contributed by atoms with van der Waals surface area (Å²) >= 11 is 0. The molecule has 0 saturated carbocycles. The number of amides is 1. The highest BCUT2D eigenvalue weighted by Crippen LogP contribution is 2.31. The second kappa shape index (κ2) is 8.63. The lowest BCUT2D eigenvalue weighted by Gasteiger charge is -2.08. The van der Waals surface area contributed by atoms with E-state index in [0.29, 0.717) is 12.2 Å². The van der Waals surface area contributed by atoms with Crippen LogP contribution in [0.5, 0.6) is 0 Å². The smallest absolute Gasteiger partial charge is 0.244 e. The average Bonchev–Trinajstić information content (AvgIpc) is 3.17. The molecule has 0 spiro atoms. The SMILES string of the molecule is Cc1ccc(-n2c3ccccc3c3cc(CNC(=O)/C=C/c4ccc(N)cc4)ncc32)cc1. The zero-order valence-electron chi connectivity index (χ0n) is 18.3. The zero-order chi connectivity index (χ0) is 22.8. The van der Waals surface area contributed by atoms with Crippen molar-refractivity contribution in [1.29, 1.82) is 0 Å². The van der Waals surface area contributed by atoms with E-state index in [9.17, 15) is 4.79 Å². The predicted octanol–water partition coefficient (Wildman–Crippen LogP) is 5.40. The maximum Gasteiger partial charge on any atom is 0.244 e. The maximum atomic E-state index is 12.3. The molecule has 0 radical (unpaired) electrons. The standard InChI is InChI=1S/C28H24N4O/c1-19-6-13-23(14-7-19)32-26-5-3-2-4-24(26)25-16-22(30-18-27(25)32)17-31-28(33)15-10-20-8-11-21(29)12-9-20/h2-16,18H,17,29H2,1H3,(H,31,33)/b15-10+. The lowest BCUT2D eigenvalue weighted by molar-refractivity contribution is -0.116. The van der Waals surface area contributed by atoms with Crippen molar-refractivity contribution in [2.45, 2.75) is 13.5 Å². The first-order valence-electron chi connectivity index (χ1n) is 10.8. The van der Waals surface area contributed by atoms with Gasteiger partial charge in [0.25, 0.3) is 0 Å². The van der Waals surface area contributed by atoms with Crippen LogP contribution in [-0.2, 0) is 11.3 Å². The van der Waals surface area contributed by atoms with E-state index in [1.165, 1.54) is 11.6 Å². The molecular weight excluding hydrogens is 408 g/mol. The Morgan fingerprint density at radius 2 is 1.73 bits per heavy atom. The van der Waals surface area contributed by atoms with Gasteiger partial charge in [-0.15, -0.1) is 0 Å². The summed E-state index contributed by atoms with van der Waals surface area (Å²) in [6.07, 6.45) is 5.18. The number of rotatable bonds is 5. The highest BCUT2D eigenvalue weighted by molar-refractivity contribution is 6.09. The Balaban J connectivity index is 1.41. The van der Waals surface area contributed by atoms with Gasteiger partial charge in [-0.05, 0) is 55.0 Å².